The zero-order valence-electron chi connectivity index (χ0n) is 15.1. The maximum atomic E-state index is 12.6. The van der Waals surface area contributed by atoms with E-state index >= 15 is 0 Å². The predicted molar refractivity (Wildman–Crippen MR) is 101 cm³/mol. The molecule has 2 heterocycles. The van der Waals surface area contributed by atoms with Gasteiger partial charge in [-0.2, -0.15) is 0 Å². The number of likely N-dealkylation sites (tertiary alicyclic amines) is 1. The Morgan fingerprint density at radius 2 is 1.69 bits per heavy atom. The summed E-state index contributed by atoms with van der Waals surface area (Å²) in [6.07, 6.45) is 5.50. The zero-order chi connectivity index (χ0) is 18.3. The molecule has 2 aliphatic heterocycles. The number of benzene rings is 1. The molecule has 0 spiro atoms. The number of carbonyl (C=O) groups is 2. The van der Waals surface area contributed by atoms with Gasteiger partial charge in [0.2, 0.25) is 11.8 Å². The third-order valence-corrected chi connectivity index (χ3v) is 6.20. The fourth-order valence-electron chi connectivity index (χ4n) is 4.39. The van der Waals surface area contributed by atoms with Crippen molar-refractivity contribution in [3.63, 3.8) is 0 Å². The van der Waals surface area contributed by atoms with Crippen LogP contribution < -0.4 is 9.80 Å². The molecule has 4 rings (SSSR count). The van der Waals surface area contributed by atoms with E-state index in [2.05, 4.69) is 11.8 Å². The number of piperazine rings is 1. The Hall–Kier alpha value is -1.85. The molecule has 2 amide bonds. The van der Waals surface area contributed by atoms with E-state index in [1.54, 1.807) is 0 Å². The highest BCUT2D eigenvalue weighted by Gasteiger charge is 2.48. The molecule has 0 saturated carbocycles. The van der Waals surface area contributed by atoms with Crippen molar-refractivity contribution in [2.45, 2.75) is 19.8 Å². The number of anilines is 1. The van der Waals surface area contributed by atoms with E-state index in [0.717, 1.165) is 31.2 Å². The number of hydrogen-bond donors (Lipinski definition) is 1. The van der Waals surface area contributed by atoms with Gasteiger partial charge in [0, 0.05) is 10.7 Å². The van der Waals surface area contributed by atoms with Crippen LogP contribution >= 0.6 is 11.6 Å². The van der Waals surface area contributed by atoms with Crippen molar-refractivity contribution in [3.05, 3.63) is 40.9 Å². The number of halogens is 1. The molecule has 0 bridgehead atoms. The fraction of sp³-hybridized carbons (Fsp3) is 0.500. The standard InChI is InChI=1S/C20H24ClN3O2/c1-14-6-7-15(21)12-18(14)23-10-8-22(9-11-23)13-24-19(25)16-4-2-3-5-17(16)20(24)26/h2-3,6-7,12,16-17H,4-5,8-11,13H2,1H3/p+1/t16-,17+. The number of fused-ring (bicyclic) bond motifs is 1. The van der Waals surface area contributed by atoms with Gasteiger partial charge < -0.3 is 9.80 Å². The van der Waals surface area contributed by atoms with Gasteiger partial charge in [0.05, 0.1) is 38.0 Å². The van der Waals surface area contributed by atoms with Crippen molar-refractivity contribution in [1.29, 1.82) is 0 Å². The number of amides is 2. The van der Waals surface area contributed by atoms with Crippen molar-refractivity contribution >= 4 is 29.1 Å². The Bertz CT molecular complexity index is 729. The fourth-order valence-corrected chi connectivity index (χ4v) is 4.56. The number of allylic oxidation sites excluding steroid dienone is 2. The SMILES string of the molecule is Cc1ccc(Cl)cc1N1CC[NH+](CN2C(=O)[C@H]3CC=CC[C@H]3C2=O)CC1. The molecule has 26 heavy (non-hydrogen) atoms. The summed E-state index contributed by atoms with van der Waals surface area (Å²) in [7, 11) is 0. The van der Waals surface area contributed by atoms with Crippen LogP contribution in [0.15, 0.2) is 30.4 Å². The summed E-state index contributed by atoms with van der Waals surface area (Å²) in [5.41, 5.74) is 2.40. The first-order chi connectivity index (χ1) is 12.5. The van der Waals surface area contributed by atoms with Crippen molar-refractivity contribution < 1.29 is 14.5 Å². The minimum Gasteiger partial charge on any atom is -0.360 e. The molecule has 2 atom stereocenters. The summed E-state index contributed by atoms with van der Waals surface area (Å²) >= 11 is 6.15. The maximum absolute atomic E-state index is 12.6. The third-order valence-electron chi connectivity index (χ3n) is 5.96. The number of rotatable bonds is 3. The van der Waals surface area contributed by atoms with Gasteiger partial charge in [-0.3, -0.25) is 9.59 Å². The highest BCUT2D eigenvalue weighted by atomic mass is 35.5. The predicted octanol–water partition coefficient (Wildman–Crippen LogP) is 1.26. The van der Waals surface area contributed by atoms with Crippen LogP contribution in [-0.2, 0) is 9.59 Å². The summed E-state index contributed by atoms with van der Waals surface area (Å²) in [5.74, 6) is -0.181. The van der Waals surface area contributed by atoms with Gasteiger partial charge in [-0.1, -0.05) is 29.8 Å². The maximum Gasteiger partial charge on any atom is 0.237 e. The van der Waals surface area contributed by atoms with E-state index in [0.29, 0.717) is 19.5 Å². The first-order valence-electron chi connectivity index (χ1n) is 9.39. The normalized spacial score (nSPS) is 26.5. The van der Waals surface area contributed by atoms with Crippen molar-refractivity contribution in [1.82, 2.24) is 4.90 Å². The number of nitrogens with one attached hydrogen (secondary N) is 1. The molecule has 6 heteroatoms. The largest absolute Gasteiger partial charge is 0.360 e. The molecule has 0 unspecified atom stereocenters. The molecule has 1 aromatic carbocycles. The second kappa shape index (κ2) is 7.05. The number of imide groups is 1. The summed E-state index contributed by atoms with van der Waals surface area (Å²) in [4.78, 5) is 30.4. The molecule has 138 valence electrons. The minimum atomic E-state index is -0.123. The number of carbonyl (C=O) groups excluding carboxylic acids is 2. The Kier molecular flexibility index (Phi) is 4.76. The van der Waals surface area contributed by atoms with E-state index in [4.69, 9.17) is 11.6 Å². The Morgan fingerprint density at radius 3 is 2.31 bits per heavy atom. The lowest BCUT2D eigenvalue weighted by Crippen LogP contribution is -3.16. The Labute approximate surface area is 159 Å². The van der Waals surface area contributed by atoms with Gasteiger partial charge in [-0.25, -0.2) is 4.90 Å². The lowest BCUT2D eigenvalue weighted by atomic mass is 9.85. The second-order valence-electron chi connectivity index (χ2n) is 7.59. The molecule has 1 N–H and O–H groups in total. The molecule has 2 fully saturated rings. The quantitative estimate of drug-likeness (QED) is 0.640. The Balaban J connectivity index is 1.38. The monoisotopic (exact) mass is 374 g/mol. The molecule has 5 nitrogen and oxygen atoms in total. The van der Waals surface area contributed by atoms with Crippen LogP contribution in [0.3, 0.4) is 0 Å². The molecule has 1 aromatic rings. The van der Waals surface area contributed by atoms with Gasteiger partial charge in [0.25, 0.3) is 0 Å². The van der Waals surface area contributed by atoms with E-state index in [-0.39, 0.29) is 23.7 Å². The average Bonchev–Trinajstić information content (AvgIpc) is 2.90. The number of quaternary nitrogens is 1. The van der Waals surface area contributed by atoms with E-state index in [1.165, 1.54) is 21.1 Å². The zero-order valence-corrected chi connectivity index (χ0v) is 15.8. The lowest BCUT2D eigenvalue weighted by molar-refractivity contribution is -0.908. The molecule has 1 aliphatic carbocycles. The molecule has 3 aliphatic rings. The van der Waals surface area contributed by atoms with E-state index in [9.17, 15) is 9.59 Å². The van der Waals surface area contributed by atoms with Crippen LogP contribution in [-0.4, -0.2) is 49.6 Å². The second-order valence-corrected chi connectivity index (χ2v) is 8.02. The number of nitrogens with zero attached hydrogens (tertiary/aromatic N) is 2. The van der Waals surface area contributed by atoms with Gasteiger partial charge in [0.15, 0.2) is 6.67 Å². The van der Waals surface area contributed by atoms with Gasteiger partial charge in [-0.15, -0.1) is 0 Å². The number of hydrogen-bond acceptors (Lipinski definition) is 3. The van der Waals surface area contributed by atoms with E-state index in [1.807, 2.05) is 30.4 Å². The van der Waals surface area contributed by atoms with Crippen molar-refractivity contribution in [2.75, 3.05) is 37.7 Å². The van der Waals surface area contributed by atoms with Crippen LogP contribution in [0.5, 0.6) is 0 Å². The van der Waals surface area contributed by atoms with Gasteiger partial charge >= 0.3 is 0 Å². The van der Waals surface area contributed by atoms with Crippen LogP contribution in [0.25, 0.3) is 0 Å². The first-order valence-corrected chi connectivity index (χ1v) is 9.77. The average molecular weight is 375 g/mol. The molecule has 0 radical (unpaired) electrons. The summed E-state index contributed by atoms with van der Waals surface area (Å²) in [6, 6.07) is 5.99. The lowest BCUT2D eigenvalue weighted by Gasteiger charge is -2.35. The van der Waals surface area contributed by atoms with Crippen LogP contribution in [0.1, 0.15) is 18.4 Å². The first kappa shape index (κ1) is 17.6. The number of aryl methyl sites for hydroxylation is 1. The van der Waals surface area contributed by atoms with Crippen molar-refractivity contribution in [2.24, 2.45) is 11.8 Å². The molecular formula is C20H25ClN3O2+. The van der Waals surface area contributed by atoms with E-state index < -0.39 is 0 Å². The van der Waals surface area contributed by atoms with Gasteiger partial charge in [-0.05, 0) is 37.5 Å². The van der Waals surface area contributed by atoms with Gasteiger partial charge in [0.1, 0.15) is 0 Å². The summed E-state index contributed by atoms with van der Waals surface area (Å²) in [5, 5.41) is 0.754. The summed E-state index contributed by atoms with van der Waals surface area (Å²) in [6.45, 7) is 6.24. The minimum absolute atomic E-state index is 0.0324. The molecule has 2 saturated heterocycles. The molecular weight excluding hydrogens is 350 g/mol. The third kappa shape index (κ3) is 3.14. The Morgan fingerprint density at radius 1 is 1.08 bits per heavy atom. The van der Waals surface area contributed by atoms with Crippen LogP contribution in [0.2, 0.25) is 5.02 Å². The molecule has 0 aromatic heterocycles. The highest BCUT2D eigenvalue weighted by molar-refractivity contribution is 6.30. The van der Waals surface area contributed by atoms with Crippen LogP contribution in [0.4, 0.5) is 5.69 Å². The summed E-state index contributed by atoms with van der Waals surface area (Å²) < 4.78 is 0. The topological polar surface area (TPSA) is 45.1 Å². The highest BCUT2D eigenvalue weighted by Crippen LogP contribution is 2.34. The van der Waals surface area contributed by atoms with Crippen molar-refractivity contribution in [3.8, 4) is 0 Å². The smallest absolute Gasteiger partial charge is 0.237 e. The van der Waals surface area contributed by atoms with Crippen LogP contribution in [0, 0.1) is 18.8 Å².